The third-order valence-electron chi connectivity index (χ3n) is 7.51. The first-order chi connectivity index (χ1) is 19.2. The molecule has 0 atom stereocenters. The van der Waals surface area contributed by atoms with E-state index < -0.39 is 0 Å². The Balaban J connectivity index is -0.00000120. The maximum Gasteiger partial charge on any atom is 1.00 e. The largest absolute Gasteiger partial charge is 1.00 e. The summed E-state index contributed by atoms with van der Waals surface area (Å²) in [6, 6.07) is 0. The molecule has 0 N–H and O–H groups in total. The van der Waals surface area contributed by atoms with Crippen LogP contribution < -0.4 is 80.9 Å². The Morgan fingerprint density at radius 1 is 0.439 bits per heavy atom. The standard InChI is InChI=1S/C36H66O3.K.Na.2H/c1-3-5-7-9-11-13-15-17-19-21-23-25-27-29-31-33-35(37)39-36(38)34-32-30-28-26-24-22-20-18-16-14-12-10-8-6-4-2;;;;/h17-20H,3-16,21-34H2,1-2H3;;;;/q;2*+1;2*-1/b19-17-,20-18-;;;;. The van der Waals surface area contributed by atoms with E-state index in [0.717, 1.165) is 38.5 Å². The summed E-state index contributed by atoms with van der Waals surface area (Å²) < 4.78 is 4.99. The van der Waals surface area contributed by atoms with Gasteiger partial charge in [0.15, 0.2) is 0 Å². The van der Waals surface area contributed by atoms with Crippen LogP contribution in [0.3, 0.4) is 0 Å². The van der Waals surface area contributed by atoms with E-state index in [1.807, 2.05) is 0 Å². The van der Waals surface area contributed by atoms with Crippen molar-refractivity contribution in [2.75, 3.05) is 0 Å². The van der Waals surface area contributed by atoms with Gasteiger partial charge in [-0.3, -0.25) is 9.59 Å². The van der Waals surface area contributed by atoms with Gasteiger partial charge in [0.05, 0.1) is 0 Å². The molecule has 0 spiro atoms. The molecule has 0 saturated carbocycles. The van der Waals surface area contributed by atoms with Crippen LogP contribution in [0, 0.1) is 0 Å². The van der Waals surface area contributed by atoms with Crippen LogP contribution in [-0.2, 0) is 14.3 Å². The van der Waals surface area contributed by atoms with Crippen molar-refractivity contribution in [2.24, 2.45) is 0 Å². The topological polar surface area (TPSA) is 43.4 Å². The van der Waals surface area contributed by atoms with E-state index in [-0.39, 0.29) is 95.7 Å². The summed E-state index contributed by atoms with van der Waals surface area (Å²) >= 11 is 0. The molecule has 0 rings (SSSR count). The summed E-state index contributed by atoms with van der Waals surface area (Å²) in [6.45, 7) is 4.53. The fourth-order valence-electron chi connectivity index (χ4n) is 4.91. The third kappa shape index (κ3) is 41.3. The number of hydrogen-bond acceptors (Lipinski definition) is 3. The Morgan fingerprint density at radius 2 is 0.683 bits per heavy atom. The minimum atomic E-state index is -0.342. The number of hydrogen-bond donors (Lipinski definition) is 0. The average Bonchev–Trinajstić information content (AvgIpc) is 2.93. The van der Waals surface area contributed by atoms with Gasteiger partial charge in [0, 0.05) is 12.8 Å². The first kappa shape index (κ1) is 46.7. The van der Waals surface area contributed by atoms with E-state index in [0.29, 0.717) is 12.8 Å². The van der Waals surface area contributed by atoms with Gasteiger partial charge in [-0.1, -0.05) is 141 Å². The average molecular weight is 611 g/mol. The van der Waals surface area contributed by atoms with Crippen LogP contribution in [0.25, 0.3) is 0 Å². The number of unbranched alkanes of at least 4 members (excludes halogenated alkanes) is 22. The molecule has 0 radical (unpaired) electrons. The molecule has 0 aliphatic carbocycles. The van der Waals surface area contributed by atoms with Crippen molar-refractivity contribution < 1.29 is 98.1 Å². The van der Waals surface area contributed by atoms with Crippen molar-refractivity contribution in [1.82, 2.24) is 0 Å². The second-order valence-corrected chi connectivity index (χ2v) is 11.5. The molecule has 0 aliphatic heterocycles. The molecule has 0 saturated heterocycles. The van der Waals surface area contributed by atoms with E-state index in [1.54, 1.807) is 0 Å². The van der Waals surface area contributed by atoms with Crippen molar-refractivity contribution in [2.45, 2.75) is 194 Å². The first-order valence-electron chi connectivity index (χ1n) is 17.2. The van der Waals surface area contributed by atoms with Crippen molar-refractivity contribution >= 4 is 11.9 Å². The molecule has 0 heterocycles. The number of rotatable bonds is 30. The van der Waals surface area contributed by atoms with Gasteiger partial charge in [-0.15, -0.1) is 0 Å². The van der Waals surface area contributed by atoms with E-state index >= 15 is 0 Å². The number of carbonyl (C=O) groups excluding carboxylic acids is 2. The molecular weight excluding hydrogens is 542 g/mol. The van der Waals surface area contributed by atoms with Crippen LogP contribution in [-0.4, -0.2) is 11.9 Å². The summed E-state index contributed by atoms with van der Waals surface area (Å²) in [6.07, 6.45) is 42.2. The second-order valence-electron chi connectivity index (χ2n) is 11.5. The zero-order valence-corrected chi connectivity index (χ0v) is 33.5. The number of carbonyl (C=O) groups is 2. The molecule has 5 heteroatoms. The quantitative estimate of drug-likeness (QED) is 0.0312. The van der Waals surface area contributed by atoms with Crippen LogP contribution in [0.4, 0.5) is 0 Å². The van der Waals surface area contributed by atoms with Gasteiger partial charge >= 0.3 is 92.9 Å². The fraction of sp³-hybridized carbons (Fsp3) is 0.833. The summed E-state index contributed by atoms with van der Waals surface area (Å²) in [4.78, 5) is 23.8. The monoisotopic (exact) mass is 610 g/mol. The minimum absolute atomic E-state index is 0. The molecule has 0 aromatic heterocycles. The molecule has 0 amide bonds. The van der Waals surface area contributed by atoms with Crippen LogP contribution >= 0.6 is 0 Å². The van der Waals surface area contributed by atoms with Gasteiger partial charge in [0.2, 0.25) is 0 Å². The third-order valence-corrected chi connectivity index (χ3v) is 7.51. The maximum atomic E-state index is 11.9. The molecule has 3 nitrogen and oxygen atoms in total. The van der Waals surface area contributed by atoms with Crippen LogP contribution in [0.15, 0.2) is 24.3 Å². The molecule has 0 bridgehead atoms. The van der Waals surface area contributed by atoms with Crippen molar-refractivity contribution in [3.05, 3.63) is 24.3 Å². The predicted octanol–water partition coefficient (Wildman–Crippen LogP) is 6.36. The van der Waals surface area contributed by atoms with Crippen molar-refractivity contribution in [1.29, 1.82) is 0 Å². The molecule has 0 fully saturated rings. The Hall–Kier alpha value is 1.26. The Kier molecular flexibility index (Phi) is 47.0. The molecular formula is C36H68KNaO3. The summed E-state index contributed by atoms with van der Waals surface area (Å²) in [5.74, 6) is -0.684. The van der Waals surface area contributed by atoms with Crippen LogP contribution in [0.1, 0.15) is 196 Å². The molecule has 0 aromatic rings. The summed E-state index contributed by atoms with van der Waals surface area (Å²) in [5, 5.41) is 0. The van der Waals surface area contributed by atoms with E-state index in [9.17, 15) is 9.59 Å². The smallest absolute Gasteiger partial charge is 1.00 e. The Labute approximate surface area is 324 Å². The summed E-state index contributed by atoms with van der Waals surface area (Å²) in [5.41, 5.74) is 0. The van der Waals surface area contributed by atoms with Gasteiger partial charge in [0.25, 0.3) is 0 Å². The minimum Gasteiger partial charge on any atom is -1.00 e. The molecule has 0 aliphatic rings. The van der Waals surface area contributed by atoms with Crippen molar-refractivity contribution in [3.8, 4) is 0 Å². The maximum absolute atomic E-state index is 11.9. The predicted molar refractivity (Wildman–Crippen MR) is 172 cm³/mol. The van der Waals surface area contributed by atoms with Crippen molar-refractivity contribution in [3.63, 3.8) is 0 Å². The number of allylic oxidation sites excluding steroid dienone is 4. The number of esters is 2. The van der Waals surface area contributed by atoms with Crippen LogP contribution in [0.2, 0.25) is 0 Å². The normalized spacial score (nSPS) is 11.1. The van der Waals surface area contributed by atoms with Crippen LogP contribution in [0.5, 0.6) is 0 Å². The van der Waals surface area contributed by atoms with Gasteiger partial charge < -0.3 is 7.59 Å². The summed E-state index contributed by atoms with van der Waals surface area (Å²) in [7, 11) is 0. The van der Waals surface area contributed by atoms with E-state index in [4.69, 9.17) is 4.74 Å². The first-order valence-corrected chi connectivity index (χ1v) is 17.2. The van der Waals surface area contributed by atoms with E-state index in [1.165, 1.54) is 128 Å². The SMILES string of the molecule is CCCCCCCC/C=C\CCCCCCCC(=O)OC(=O)CCCCCCC/C=C\CCCCCCCC.[H-].[H-].[K+].[Na+]. The fourth-order valence-corrected chi connectivity index (χ4v) is 4.91. The molecule has 0 unspecified atom stereocenters. The second kappa shape index (κ2) is 41.3. The van der Waals surface area contributed by atoms with Gasteiger partial charge in [-0.25, -0.2) is 0 Å². The van der Waals surface area contributed by atoms with Gasteiger partial charge in [-0.2, -0.15) is 0 Å². The van der Waals surface area contributed by atoms with E-state index in [2.05, 4.69) is 38.2 Å². The molecule has 41 heavy (non-hydrogen) atoms. The van der Waals surface area contributed by atoms with Gasteiger partial charge in [0.1, 0.15) is 0 Å². The Bertz CT molecular complexity index is 553. The van der Waals surface area contributed by atoms with Gasteiger partial charge in [-0.05, 0) is 64.2 Å². The molecule has 0 aromatic carbocycles. The number of ether oxygens (including phenoxy) is 1. The Morgan fingerprint density at radius 3 is 0.976 bits per heavy atom. The zero-order chi connectivity index (χ0) is 28.5. The zero-order valence-electron chi connectivity index (χ0n) is 30.3. The molecule has 232 valence electrons.